The Kier molecular flexibility index (Phi) is 7.06. The van der Waals surface area contributed by atoms with Gasteiger partial charge in [0.05, 0.1) is 11.3 Å². The van der Waals surface area contributed by atoms with Gasteiger partial charge in [-0.1, -0.05) is 18.5 Å². The maximum absolute atomic E-state index is 12.4. The molecule has 2 amide bonds. The second-order valence-corrected chi connectivity index (χ2v) is 6.82. The first-order valence-electron chi connectivity index (χ1n) is 8.59. The van der Waals surface area contributed by atoms with Gasteiger partial charge in [-0.3, -0.25) is 9.59 Å². The summed E-state index contributed by atoms with van der Waals surface area (Å²) in [6.45, 7) is 6.52. The van der Waals surface area contributed by atoms with Gasteiger partial charge in [0.25, 0.3) is 5.91 Å². The molecule has 24 heavy (non-hydrogen) atoms. The molecule has 2 rings (SSSR count). The van der Waals surface area contributed by atoms with E-state index in [1.54, 1.807) is 18.2 Å². The second-order valence-electron chi connectivity index (χ2n) is 6.39. The zero-order valence-corrected chi connectivity index (χ0v) is 15.1. The van der Waals surface area contributed by atoms with Crippen LogP contribution >= 0.6 is 11.6 Å². The highest BCUT2D eigenvalue weighted by atomic mass is 35.5. The highest BCUT2D eigenvalue weighted by Crippen LogP contribution is 2.25. The molecular formula is C18H26ClN3O2. The van der Waals surface area contributed by atoms with Crippen LogP contribution in [0.3, 0.4) is 0 Å². The summed E-state index contributed by atoms with van der Waals surface area (Å²) < 4.78 is 0. The normalized spacial score (nSPS) is 18.7. The van der Waals surface area contributed by atoms with Crippen molar-refractivity contribution < 1.29 is 9.59 Å². The number of halogens is 1. The van der Waals surface area contributed by atoms with Gasteiger partial charge in [0.2, 0.25) is 5.91 Å². The van der Waals surface area contributed by atoms with Crippen molar-refractivity contribution in [3.63, 3.8) is 0 Å². The Morgan fingerprint density at radius 3 is 2.88 bits per heavy atom. The van der Waals surface area contributed by atoms with Crippen molar-refractivity contribution >= 4 is 29.1 Å². The van der Waals surface area contributed by atoms with Gasteiger partial charge in [-0.15, -0.1) is 0 Å². The molecule has 1 aromatic rings. The lowest BCUT2D eigenvalue weighted by Crippen LogP contribution is -2.34. The van der Waals surface area contributed by atoms with Gasteiger partial charge < -0.3 is 16.0 Å². The molecule has 1 aliphatic heterocycles. The summed E-state index contributed by atoms with van der Waals surface area (Å²) in [5.41, 5.74) is 0.897. The van der Waals surface area contributed by atoms with E-state index in [2.05, 4.69) is 22.9 Å². The maximum atomic E-state index is 12.4. The summed E-state index contributed by atoms with van der Waals surface area (Å²) in [6.07, 6.45) is 2.75. The lowest BCUT2D eigenvalue weighted by molar-refractivity contribution is -0.117. The molecule has 3 N–H and O–H groups in total. The molecule has 0 radical (unpaired) electrons. The largest absolute Gasteiger partial charge is 0.352 e. The average molecular weight is 352 g/mol. The molecule has 0 bridgehead atoms. The summed E-state index contributed by atoms with van der Waals surface area (Å²) in [7, 11) is 0. The molecule has 2 atom stereocenters. The van der Waals surface area contributed by atoms with E-state index in [0.717, 1.165) is 25.9 Å². The predicted molar refractivity (Wildman–Crippen MR) is 97.5 cm³/mol. The molecule has 0 aliphatic carbocycles. The number of benzene rings is 1. The molecule has 0 spiro atoms. The van der Waals surface area contributed by atoms with Gasteiger partial charge in [0.15, 0.2) is 0 Å². The first kappa shape index (κ1) is 18.7. The van der Waals surface area contributed by atoms with Crippen LogP contribution in [0.15, 0.2) is 18.2 Å². The summed E-state index contributed by atoms with van der Waals surface area (Å²) in [5.74, 6) is 0.520. The minimum atomic E-state index is -0.214. The van der Waals surface area contributed by atoms with E-state index in [4.69, 9.17) is 11.6 Å². The summed E-state index contributed by atoms with van der Waals surface area (Å²) in [4.78, 5) is 24.5. The standard InChI is InChI=1S/C18H26ClN3O2/c1-3-21-18(24)15-7-6-14(19)10-16(15)22-17(23)9-12(2)13-5-4-8-20-11-13/h6-7,10,12-13,20H,3-5,8-9,11H2,1-2H3,(H,21,24)(H,22,23). The van der Waals surface area contributed by atoms with Crippen LogP contribution in [0.2, 0.25) is 5.02 Å². The van der Waals surface area contributed by atoms with Crippen LogP contribution in [-0.4, -0.2) is 31.4 Å². The lowest BCUT2D eigenvalue weighted by atomic mass is 9.85. The molecule has 1 saturated heterocycles. The number of hydrogen-bond donors (Lipinski definition) is 3. The van der Waals surface area contributed by atoms with Crippen LogP contribution in [0.5, 0.6) is 0 Å². The molecule has 6 heteroatoms. The van der Waals surface area contributed by atoms with E-state index in [1.807, 2.05) is 6.92 Å². The van der Waals surface area contributed by atoms with E-state index in [9.17, 15) is 9.59 Å². The Hall–Kier alpha value is -1.59. The zero-order valence-electron chi connectivity index (χ0n) is 14.3. The van der Waals surface area contributed by atoms with Gasteiger partial charge in [-0.05, 0) is 62.9 Å². The zero-order chi connectivity index (χ0) is 17.5. The van der Waals surface area contributed by atoms with Crippen molar-refractivity contribution in [3.05, 3.63) is 28.8 Å². The number of nitrogens with one attached hydrogen (secondary N) is 3. The van der Waals surface area contributed by atoms with Gasteiger partial charge in [0.1, 0.15) is 0 Å². The minimum absolute atomic E-state index is 0.0825. The van der Waals surface area contributed by atoms with E-state index in [1.165, 1.54) is 0 Å². The lowest BCUT2D eigenvalue weighted by Gasteiger charge is -2.28. The molecular weight excluding hydrogens is 326 g/mol. The number of rotatable bonds is 6. The predicted octanol–water partition coefficient (Wildman–Crippen LogP) is 3.05. The number of hydrogen-bond acceptors (Lipinski definition) is 3. The molecule has 1 aliphatic rings. The average Bonchev–Trinajstić information content (AvgIpc) is 2.55. The van der Waals surface area contributed by atoms with Crippen LogP contribution in [0.4, 0.5) is 5.69 Å². The summed E-state index contributed by atoms with van der Waals surface area (Å²) in [5, 5.41) is 9.47. The molecule has 0 saturated carbocycles. The molecule has 1 fully saturated rings. The third-order valence-electron chi connectivity index (χ3n) is 4.48. The van der Waals surface area contributed by atoms with Crippen molar-refractivity contribution in [3.8, 4) is 0 Å². The molecule has 1 aromatic carbocycles. The Bertz CT molecular complexity index is 586. The Morgan fingerprint density at radius 1 is 1.42 bits per heavy atom. The van der Waals surface area contributed by atoms with Gasteiger partial charge >= 0.3 is 0 Å². The molecule has 1 heterocycles. The van der Waals surface area contributed by atoms with Crippen LogP contribution in [0.1, 0.15) is 43.5 Å². The molecule has 2 unspecified atom stereocenters. The number of amides is 2. The first-order chi connectivity index (χ1) is 11.5. The highest BCUT2D eigenvalue weighted by Gasteiger charge is 2.22. The van der Waals surface area contributed by atoms with E-state index in [-0.39, 0.29) is 11.8 Å². The Morgan fingerprint density at radius 2 is 2.21 bits per heavy atom. The van der Waals surface area contributed by atoms with Crippen LogP contribution in [0.25, 0.3) is 0 Å². The van der Waals surface area contributed by atoms with Crippen LogP contribution in [0, 0.1) is 11.8 Å². The van der Waals surface area contributed by atoms with Gasteiger partial charge in [-0.2, -0.15) is 0 Å². The van der Waals surface area contributed by atoms with E-state index in [0.29, 0.717) is 41.1 Å². The summed E-state index contributed by atoms with van der Waals surface area (Å²) in [6, 6.07) is 4.91. The van der Waals surface area contributed by atoms with Crippen molar-refractivity contribution in [2.24, 2.45) is 11.8 Å². The number of carbonyl (C=O) groups excluding carboxylic acids is 2. The minimum Gasteiger partial charge on any atom is -0.352 e. The monoisotopic (exact) mass is 351 g/mol. The van der Waals surface area contributed by atoms with Crippen LogP contribution in [-0.2, 0) is 4.79 Å². The van der Waals surface area contributed by atoms with E-state index < -0.39 is 0 Å². The fourth-order valence-corrected chi connectivity index (χ4v) is 3.27. The Balaban J connectivity index is 2.02. The fraction of sp³-hybridized carbons (Fsp3) is 0.556. The third-order valence-corrected chi connectivity index (χ3v) is 4.72. The summed E-state index contributed by atoms with van der Waals surface area (Å²) >= 11 is 6.02. The van der Waals surface area contributed by atoms with Crippen molar-refractivity contribution in [1.29, 1.82) is 0 Å². The third kappa shape index (κ3) is 5.21. The van der Waals surface area contributed by atoms with Crippen molar-refractivity contribution in [1.82, 2.24) is 10.6 Å². The highest BCUT2D eigenvalue weighted by molar-refractivity contribution is 6.31. The quantitative estimate of drug-likeness (QED) is 0.737. The molecule has 0 aromatic heterocycles. The fourth-order valence-electron chi connectivity index (χ4n) is 3.10. The second kappa shape index (κ2) is 9.04. The van der Waals surface area contributed by atoms with E-state index >= 15 is 0 Å². The topological polar surface area (TPSA) is 70.2 Å². The van der Waals surface area contributed by atoms with Gasteiger partial charge in [-0.25, -0.2) is 0 Å². The first-order valence-corrected chi connectivity index (χ1v) is 8.97. The van der Waals surface area contributed by atoms with Crippen molar-refractivity contribution in [2.75, 3.05) is 25.0 Å². The number of carbonyl (C=O) groups is 2. The van der Waals surface area contributed by atoms with Crippen LogP contribution < -0.4 is 16.0 Å². The van der Waals surface area contributed by atoms with Crippen molar-refractivity contribution in [2.45, 2.75) is 33.1 Å². The SMILES string of the molecule is CCNC(=O)c1ccc(Cl)cc1NC(=O)CC(C)C1CCCNC1. The smallest absolute Gasteiger partial charge is 0.253 e. The molecule has 5 nitrogen and oxygen atoms in total. The maximum Gasteiger partial charge on any atom is 0.253 e. The number of piperidine rings is 1. The Labute approximate surface area is 148 Å². The van der Waals surface area contributed by atoms with Gasteiger partial charge in [0, 0.05) is 18.0 Å². The number of anilines is 1. The molecule has 132 valence electrons.